The van der Waals surface area contributed by atoms with Crippen molar-refractivity contribution >= 4 is 33.9 Å². The average Bonchev–Trinajstić information content (AvgIpc) is 3.41. The predicted octanol–water partition coefficient (Wildman–Crippen LogP) is 4.00. The predicted molar refractivity (Wildman–Crippen MR) is 121 cm³/mol. The zero-order valence-corrected chi connectivity index (χ0v) is 18.7. The molecule has 0 fully saturated rings. The third-order valence-electron chi connectivity index (χ3n) is 4.97. The van der Waals surface area contributed by atoms with E-state index in [2.05, 4.69) is 25.8 Å². The van der Waals surface area contributed by atoms with Crippen LogP contribution in [0.2, 0.25) is 0 Å². The number of phenolic OH excluding ortho intramolecular Hbond substituents is 1. The standard InChI is InChI=1S/C21H23N7O2S/c1-11-6-7-16(29)13(3)18(11)23-20(30)17-8-22-21(31-17)24-19-12(2)9-28(26-19)15-10-27(5)25-14(15)4/h6-10,29H,1-5H3,(H,23,30)(H,22,24,26). The van der Waals surface area contributed by atoms with Crippen LogP contribution in [0.25, 0.3) is 5.69 Å². The summed E-state index contributed by atoms with van der Waals surface area (Å²) in [5, 5.41) is 25.5. The summed E-state index contributed by atoms with van der Waals surface area (Å²) in [6, 6.07) is 3.38. The number of hydrogen-bond donors (Lipinski definition) is 3. The number of phenols is 1. The zero-order valence-electron chi connectivity index (χ0n) is 17.9. The van der Waals surface area contributed by atoms with Gasteiger partial charge < -0.3 is 15.7 Å². The smallest absolute Gasteiger partial charge is 0.267 e. The van der Waals surface area contributed by atoms with Crippen molar-refractivity contribution < 1.29 is 9.90 Å². The molecule has 0 atom stereocenters. The number of rotatable bonds is 5. The monoisotopic (exact) mass is 437 g/mol. The molecule has 3 N–H and O–H groups in total. The first kappa shape index (κ1) is 20.6. The number of hydrogen-bond acceptors (Lipinski definition) is 7. The Morgan fingerprint density at radius 1 is 1.10 bits per heavy atom. The number of aromatic nitrogens is 5. The summed E-state index contributed by atoms with van der Waals surface area (Å²) in [5.74, 6) is 0.516. The lowest BCUT2D eigenvalue weighted by Crippen LogP contribution is -2.12. The van der Waals surface area contributed by atoms with E-state index in [0.717, 1.165) is 22.5 Å². The molecule has 0 spiro atoms. The van der Waals surface area contributed by atoms with E-state index < -0.39 is 0 Å². The van der Waals surface area contributed by atoms with E-state index in [0.29, 0.717) is 27.1 Å². The second-order valence-electron chi connectivity index (χ2n) is 7.39. The summed E-state index contributed by atoms with van der Waals surface area (Å²) < 4.78 is 3.52. The summed E-state index contributed by atoms with van der Waals surface area (Å²) >= 11 is 1.23. The van der Waals surface area contributed by atoms with Crippen molar-refractivity contribution in [2.24, 2.45) is 7.05 Å². The average molecular weight is 438 g/mol. The van der Waals surface area contributed by atoms with E-state index in [1.54, 1.807) is 28.4 Å². The number of amides is 1. The van der Waals surface area contributed by atoms with Crippen molar-refractivity contribution in [3.05, 3.63) is 58.0 Å². The molecule has 0 aliphatic rings. The Morgan fingerprint density at radius 3 is 2.58 bits per heavy atom. The van der Waals surface area contributed by atoms with Gasteiger partial charge in [0, 0.05) is 24.4 Å². The van der Waals surface area contributed by atoms with Crippen LogP contribution < -0.4 is 10.6 Å². The molecule has 0 aliphatic heterocycles. The summed E-state index contributed by atoms with van der Waals surface area (Å²) in [7, 11) is 1.87. The lowest BCUT2D eigenvalue weighted by Gasteiger charge is -2.11. The zero-order chi connectivity index (χ0) is 22.3. The first-order valence-corrected chi connectivity index (χ1v) is 10.4. The van der Waals surface area contributed by atoms with Gasteiger partial charge in [0.1, 0.15) is 16.3 Å². The molecule has 3 heterocycles. The van der Waals surface area contributed by atoms with Gasteiger partial charge in [-0.2, -0.15) is 5.10 Å². The van der Waals surface area contributed by atoms with Crippen molar-refractivity contribution in [2.45, 2.75) is 27.7 Å². The lowest BCUT2D eigenvalue weighted by atomic mass is 10.1. The molecule has 1 aromatic carbocycles. The van der Waals surface area contributed by atoms with E-state index in [1.165, 1.54) is 17.5 Å². The van der Waals surface area contributed by atoms with Gasteiger partial charge in [0.15, 0.2) is 10.9 Å². The molecule has 4 aromatic rings. The molecule has 0 bridgehead atoms. The minimum atomic E-state index is -0.282. The van der Waals surface area contributed by atoms with E-state index in [9.17, 15) is 9.90 Å². The molecule has 160 valence electrons. The number of nitrogens with zero attached hydrogens (tertiary/aromatic N) is 5. The number of anilines is 3. The number of benzene rings is 1. The van der Waals surface area contributed by atoms with E-state index >= 15 is 0 Å². The number of thiazole rings is 1. The molecule has 10 heteroatoms. The summed E-state index contributed by atoms with van der Waals surface area (Å²) in [6.07, 6.45) is 5.34. The minimum absolute atomic E-state index is 0.141. The quantitative estimate of drug-likeness (QED) is 0.435. The minimum Gasteiger partial charge on any atom is -0.508 e. The van der Waals surface area contributed by atoms with Gasteiger partial charge in [0.05, 0.1) is 23.8 Å². The van der Waals surface area contributed by atoms with Gasteiger partial charge in [-0.05, 0) is 39.3 Å². The van der Waals surface area contributed by atoms with Crippen LogP contribution in [0.5, 0.6) is 5.75 Å². The molecule has 31 heavy (non-hydrogen) atoms. The van der Waals surface area contributed by atoms with E-state index in [4.69, 9.17) is 0 Å². The number of carbonyl (C=O) groups is 1. The maximum atomic E-state index is 12.7. The van der Waals surface area contributed by atoms with Gasteiger partial charge in [-0.25, -0.2) is 9.67 Å². The number of nitrogens with one attached hydrogen (secondary N) is 2. The molecule has 0 aliphatic carbocycles. The van der Waals surface area contributed by atoms with E-state index in [1.807, 2.05) is 40.2 Å². The first-order valence-electron chi connectivity index (χ1n) is 9.63. The summed E-state index contributed by atoms with van der Waals surface area (Å²) in [5.41, 5.74) is 4.82. The SMILES string of the molecule is Cc1cn(-c2cn(C)nc2C)nc1Nc1ncc(C(=O)Nc2c(C)ccc(O)c2C)s1. The summed E-state index contributed by atoms with van der Waals surface area (Å²) in [4.78, 5) is 17.5. The third kappa shape index (κ3) is 4.02. The molecule has 1 amide bonds. The first-order chi connectivity index (χ1) is 14.7. The van der Waals surface area contributed by atoms with Crippen LogP contribution in [0.15, 0.2) is 30.7 Å². The highest BCUT2D eigenvalue weighted by atomic mass is 32.1. The van der Waals surface area contributed by atoms with Crippen molar-refractivity contribution in [1.82, 2.24) is 24.5 Å². The van der Waals surface area contributed by atoms with Crippen LogP contribution in [0.1, 0.15) is 32.1 Å². The highest BCUT2D eigenvalue weighted by Gasteiger charge is 2.16. The Labute approximate surface area is 183 Å². The number of carbonyl (C=O) groups excluding carboxylic acids is 1. The van der Waals surface area contributed by atoms with Gasteiger partial charge in [0.2, 0.25) is 0 Å². The molecule has 0 unspecified atom stereocenters. The summed E-state index contributed by atoms with van der Waals surface area (Å²) in [6.45, 7) is 7.53. The molecule has 4 rings (SSSR count). The second-order valence-corrected chi connectivity index (χ2v) is 8.42. The Balaban J connectivity index is 1.52. The molecular weight excluding hydrogens is 414 g/mol. The third-order valence-corrected chi connectivity index (χ3v) is 5.88. The van der Waals surface area contributed by atoms with E-state index in [-0.39, 0.29) is 11.7 Å². The lowest BCUT2D eigenvalue weighted by molar-refractivity contribution is 0.103. The topological polar surface area (TPSA) is 110 Å². The van der Waals surface area contributed by atoms with Gasteiger partial charge in [-0.1, -0.05) is 17.4 Å². The molecular formula is C21H23N7O2S. The van der Waals surface area contributed by atoms with Gasteiger partial charge >= 0.3 is 0 Å². The maximum absolute atomic E-state index is 12.7. The largest absolute Gasteiger partial charge is 0.508 e. The van der Waals surface area contributed by atoms with Gasteiger partial charge in [-0.3, -0.25) is 9.48 Å². The second kappa shape index (κ2) is 7.88. The fourth-order valence-electron chi connectivity index (χ4n) is 3.26. The van der Waals surface area contributed by atoms with Crippen molar-refractivity contribution in [3.63, 3.8) is 0 Å². The Bertz CT molecular complexity index is 1290. The number of aryl methyl sites for hydroxylation is 4. The fourth-order valence-corrected chi connectivity index (χ4v) is 3.97. The Morgan fingerprint density at radius 2 is 1.87 bits per heavy atom. The molecule has 0 radical (unpaired) electrons. The van der Waals surface area contributed by atoms with Crippen LogP contribution in [0.3, 0.4) is 0 Å². The van der Waals surface area contributed by atoms with Crippen LogP contribution in [-0.2, 0) is 7.05 Å². The van der Waals surface area contributed by atoms with Crippen molar-refractivity contribution in [3.8, 4) is 11.4 Å². The molecule has 9 nitrogen and oxygen atoms in total. The van der Waals surface area contributed by atoms with Crippen LogP contribution >= 0.6 is 11.3 Å². The highest BCUT2D eigenvalue weighted by molar-refractivity contribution is 7.17. The van der Waals surface area contributed by atoms with Crippen LogP contribution in [0, 0.1) is 27.7 Å². The Hall–Kier alpha value is -3.66. The number of aromatic hydroxyl groups is 1. The van der Waals surface area contributed by atoms with Gasteiger partial charge in [0.25, 0.3) is 5.91 Å². The van der Waals surface area contributed by atoms with Crippen molar-refractivity contribution in [2.75, 3.05) is 10.6 Å². The van der Waals surface area contributed by atoms with Crippen LogP contribution in [-0.4, -0.2) is 35.6 Å². The van der Waals surface area contributed by atoms with Crippen molar-refractivity contribution in [1.29, 1.82) is 0 Å². The highest BCUT2D eigenvalue weighted by Crippen LogP contribution is 2.30. The molecule has 3 aromatic heterocycles. The van der Waals surface area contributed by atoms with Crippen LogP contribution in [0.4, 0.5) is 16.6 Å². The maximum Gasteiger partial charge on any atom is 0.267 e. The molecule has 0 saturated carbocycles. The Kier molecular flexibility index (Phi) is 5.24. The molecule has 0 saturated heterocycles. The van der Waals surface area contributed by atoms with Gasteiger partial charge in [-0.15, -0.1) is 5.10 Å². The normalized spacial score (nSPS) is 11.0. The fraction of sp³-hybridized carbons (Fsp3) is 0.238.